The van der Waals surface area contributed by atoms with Crippen LogP contribution in [0, 0.1) is 6.92 Å². The summed E-state index contributed by atoms with van der Waals surface area (Å²) in [4.78, 5) is 23.9. The van der Waals surface area contributed by atoms with Crippen molar-refractivity contribution in [2.24, 2.45) is 0 Å². The van der Waals surface area contributed by atoms with Crippen LogP contribution in [0.4, 0.5) is 10.5 Å². The molecule has 0 radical (unpaired) electrons. The van der Waals surface area contributed by atoms with Crippen LogP contribution in [0.5, 0.6) is 5.75 Å². The summed E-state index contributed by atoms with van der Waals surface area (Å²) in [5.74, 6) is 0.602. The zero-order chi connectivity index (χ0) is 18.9. The van der Waals surface area contributed by atoms with E-state index in [1.54, 1.807) is 19.2 Å². The largest absolute Gasteiger partial charge is 0.496 e. The molecule has 1 atom stereocenters. The highest BCUT2D eigenvalue weighted by Crippen LogP contribution is 2.26. The van der Waals surface area contributed by atoms with Gasteiger partial charge in [0, 0.05) is 24.2 Å². The van der Waals surface area contributed by atoms with E-state index < -0.39 is 0 Å². The Bertz CT molecular complexity index is 747. The average Bonchev–Trinajstić information content (AvgIpc) is 2.62. The van der Waals surface area contributed by atoms with Gasteiger partial charge in [0.2, 0.25) is 5.91 Å². The molecule has 0 aliphatic rings. The minimum atomic E-state index is -0.336. The average molecular weight is 355 g/mol. The molecular weight excluding hydrogens is 330 g/mol. The number of para-hydroxylation sites is 1. The Balaban J connectivity index is 1.78. The second-order valence-electron chi connectivity index (χ2n) is 6.03. The van der Waals surface area contributed by atoms with Gasteiger partial charge >= 0.3 is 6.03 Å². The lowest BCUT2D eigenvalue weighted by molar-refractivity contribution is -0.121. The van der Waals surface area contributed by atoms with Crippen molar-refractivity contribution >= 4 is 17.6 Å². The van der Waals surface area contributed by atoms with Gasteiger partial charge in [-0.15, -0.1) is 0 Å². The van der Waals surface area contributed by atoms with Crippen molar-refractivity contribution in [3.8, 4) is 5.75 Å². The molecule has 0 bridgehead atoms. The number of rotatable bonds is 7. The fraction of sp³-hybridized carbons (Fsp3) is 0.300. The predicted molar refractivity (Wildman–Crippen MR) is 102 cm³/mol. The van der Waals surface area contributed by atoms with Crippen molar-refractivity contribution in [2.75, 3.05) is 19.0 Å². The molecule has 3 amide bonds. The van der Waals surface area contributed by atoms with Crippen molar-refractivity contribution in [1.29, 1.82) is 0 Å². The number of urea groups is 1. The standard InChI is InChI=1S/C20H25N3O3/c1-14-9-10-18(26-3)17(13-14)15(2)22-19(24)11-12-21-20(25)23-16-7-5-4-6-8-16/h4-10,13,15H,11-12H2,1-3H3,(H,22,24)(H2,21,23,25)/t15-/m1/s1. The fourth-order valence-corrected chi connectivity index (χ4v) is 2.57. The fourth-order valence-electron chi connectivity index (χ4n) is 2.57. The zero-order valence-corrected chi connectivity index (χ0v) is 15.3. The van der Waals surface area contributed by atoms with Crippen molar-refractivity contribution in [2.45, 2.75) is 26.3 Å². The van der Waals surface area contributed by atoms with Crippen LogP contribution in [0.2, 0.25) is 0 Å². The van der Waals surface area contributed by atoms with E-state index in [2.05, 4.69) is 16.0 Å². The topological polar surface area (TPSA) is 79.5 Å². The van der Waals surface area contributed by atoms with Crippen LogP contribution < -0.4 is 20.7 Å². The summed E-state index contributed by atoms with van der Waals surface area (Å²) < 4.78 is 5.36. The van der Waals surface area contributed by atoms with E-state index in [1.807, 2.05) is 50.2 Å². The number of nitrogens with one attached hydrogen (secondary N) is 3. The van der Waals surface area contributed by atoms with Gasteiger partial charge in [0.1, 0.15) is 5.75 Å². The van der Waals surface area contributed by atoms with E-state index in [4.69, 9.17) is 4.74 Å². The third-order valence-corrected chi connectivity index (χ3v) is 3.90. The summed E-state index contributed by atoms with van der Waals surface area (Å²) in [6, 6.07) is 14.5. The Labute approximate surface area is 153 Å². The molecule has 0 fully saturated rings. The minimum absolute atomic E-state index is 0.138. The first-order valence-corrected chi connectivity index (χ1v) is 8.53. The van der Waals surface area contributed by atoms with E-state index in [1.165, 1.54) is 0 Å². The third-order valence-electron chi connectivity index (χ3n) is 3.90. The number of hydrogen-bond acceptors (Lipinski definition) is 3. The summed E-state index contributed by atoms with van der Waals surface area (Å²) >= 11 is 0. The molecule has 138 valence electrons. The van der Waals surface area contributed by atoms with E-state index in [0.29, 0.717) is 5.69 Å². The Hall–Kier alpha value is -3.02. The lowest BCUT2D eigenvalue weighted by Crippen LogP contribution is -2.34. The summed E-state index contributed by atoms with van der Waals surface area (Å²) in [6.07, 6.45) is 0.195. The first kappa shape index (κ1) is 19.3. The van der Waals surface area contributed by atoms with Gasteiger partial charge in [0.25, 0.3) is 0 Å². The van der Waals surface area contributed by atoms with E-state index >= 15 is 0 Å². The normalized spacial score (nSPS) is 11.3. The van der Waals surface area contributed by atoms with Gasteiger partial charge in [-0.2, -0.15) is 0 Å². The number of amides is 3. The molecule has 2 aromatic rings. The molecule has 0 aliphatic heterocycles. The van der Waals surface area contributed by atoms with Crippen LogP contribution in [-0.4, -0.2) is 25.6 Å². The number of aryl methyl sites for hydroxylation is 1. The van der Waals surface area contributed by atoms with Gasteiger partial charge in [0.05, 0.1) is 13.2 Å². The van der Waals surface area contributed by atoms with E-state index in [0.717, 1.165) is 16.9 Å². The number of carbonyl (C=O) groups excluding carboxylic acids is 2. The molecule has 3 N–H and O–H groups in total. The number of anilines is 1. The van der Waals surface area contributed by atoms with Crippen molar-refractivity contribution in [3.63, 3.8) is 0 Å². The van der Waals surface area contributed by atoms with Crippen LogP contribution in [-0.2, 0) is 4.79 Å². The lowest BCUT2D eigenvalue weighted by atomic mass is 10.0. The Morgan fingerprint density at radius 1 is 1.12 bits per heavy atom. The number of hydrogen-bond donors (Lipinski definition) is 3. The summed E-state index contributed by atoms with van der Waals surface area (Å²) in [5, 5.41) is 8.31. The lowest BCUT2D eigenvalue weighted by Gasteiger charge is -2.18. The second-order valence-corrected chi connectivity index (χ2v) is 6.03. The molecule has 0 unspecified atom stereocenters. The third kappa shape index (κ3) is 5.81. The van der Waals surface area contributed by atoms with E-state index in [-0.39, 0.29) is 30.9 Å². The zero-order valence-electron chi connectivity index (χ0n) is 15.3. The predicted octanol–water partition coefficient (Wildman–Crippen LogP) is 3.39. The highest BCUT2D eigenvalue weighted by molar-refractivity contribution is 5.89. The van der Waals surface area contributed by atoms with E-state index in [9.17, 15) is 9.59 Å². The first-order valence-electron chi connectivity index (χ1n) is 8.53. The summed E-state index contributed by atoms with van der Waals surface area (Å²) in [7, 11) is 1.61. The molecule has 0 saturated heterocycles. The van der Waals surface area contributed by atoms with Crippen LogP contribution in [0.25, 0.3) is 0 Å². The molecule has 6 nitrogen and oxygen atoms in total. The van der Waals surface area contributed by atoms with Crippen LogP contribution in [0.1, 0.15) is 30.5 Å². The van der Waals surface area contributed by atoms with Crippen LogP contribution in [0.15, 0.2) is 48.5 Å². The first-order chi connectivity index (χ1) is 12.5. The van der Waals surface area contributed by atoms with Gasteiger partial charge in [-0.05, 0) is 32.0 Å². The molecule has 0 aliphatic carbocycles. The molecule has 26 heavy (non-hydrogen) atoms. The molecule has 0 aromatic heterocycles. The molecule has 2 rings (SSSR count). The van der Waals surface area contributed by atoms with Gasteiger partial charge in [-0.3, -0.25) is 4.79 Å². The van der Waals surface area contributed by atoms with Gasteiger partial charge in [-0.25, -0.2) is 4.79 Å². The Morgan fingerprint density at radius 2 is 1.85 bits per heavy atom. The molecule has 0 heterocycles. The molecule has 6 heteroatoms. The smallest absolute Gasteiger partial charge is 0.319 e. The summed E-state index contributed by atoms with van der Waals surface area (Å²) in [6.45, 7) is 4.15. The van der Waals surface area contributed by atoms with Crippen LogP contribution in [0.3, 0.4) is 0 Å². The molecular formula is C20H25N3O3. The number of ether oxygens (including phenoxy) is 1. The second kappa shape index (κ2) is 9.46. The van der Waals surface area contributed by atoms with Crippen molar-refractivity contribution in [3.05, 3.63) is 59.7 Å². The van der Waals surface area contributed by atoms with Crippen molar-refractivity contribution in [1.82, 2.24) is 10.6 Å². The molecule has 0 saturated carbocycles. The number of methoxy groups -OCH3 is 1. The van der Waals surface area contributed by atoms with Gasteiger partial charge in [-0.1, -0.05) is 35.9 Å². The van der Waals surface area contributed by atoms with Crippen LogP contribution >= 0.6 is 0 Å². The summed E-state index contributed by atoms with van der Waals surface area (Å²) in [5.41, 5.74) is 2.73. The highest BCUT2D eigenvalue weighted by atomic mass is 16.5. The Morgan fingerprint density at radius 3 is 2.54 bits per heavy atom. The number of benzene rings is 2. The SMILES string of the molecule is COc1ccc(C)cc1[C@@H](C)NC(=O)CCNC(=O)Nc1ccccc1. The molecule has 0 spiro atoms. The number of carbonyl (C=O) groups is 2. The molecule has 2 aromatic carbocycles. The monoisotopic (exact) mass is 355 g/mol. The van der Waals surface area contributed by atoms with Crippen molar-refractivity contribution < 1.29 is 14.3 Å². The maximum atomic E-state index is 12.1. The van der Waals surface area contributed by atoms with Gasteiger partial charge in [0.15, 0.2) is 0 Å². The maximum absolute atomic E-state index is 12.1. The Kier molecular flexibility index (Phi) is 7.02. The highest BCUT2D eigenvalue weighted by Gasteiger charge is 2.14. The minimum Gasteiger partial charge on any atom is -0.496 e. The van der Waals surface area contributed by atoms with Gasteiger partial charge < -0.3 is 20.7 Å². The quantitative estimate of drug-likeness (QED) is 0.712. The maximum Gasteiger partial charge on any atom is 0.319 e.